The average molecular weight is 264 g/mol. The number of ether oxygens (including phenoxy) is 2. The van der Waals surface area contributed by atoms with Crippen LogP contribution in [-0.2, 0) is 22.3 Å². The summed E-state index contributed by atoms with van der Waals surface area (Å²) in [6, 6.07) is 1.29. The zero-order valence-corrected chi connectivity index (χ0v) is 11.0. The van der Waals surface area contributed by atoms with E-state index in [4.69, 9.17) is 4.74 Å². The van der Waals surface area contributed by atoms with Crippen molar-refractivity contribution in [1.82, 2.24) is 0 Å². The van der Waals surface area contributed by atoms with Crippen molar-refractivity contribution in [2.24, 2.45) is 0 Å². The molecule has 0 unspecified atom stereocenters. The maximum atomic E-state index is 11.9. The third-order valence-corrected chi connectivity index (χ3v) is 3.42. The quantitative estimate of drug-likeness (QED) is 0.825. The van der Waals surface area contributed by atoms with Gasteiger partial charge < -0.3 is 14.6 Å². The van der Waals surface area contributed by atoms with E-state index in [1.165, 1.54) is 20.3 Å². The molecule has 1 aliphatic carbocycles. The molecule has 0 aromatic heterocycles. The molecule has 0 aliphatic heterocycles. The molecule has 102 valence electrons. The Balaban J connectivity index is 2.70. The van der Waals surface area contributed by atoms with E-state index in [1.54, 1.807) is 0 Å². The number of carbonyl (C=O) groups is 2. The van der Waals surface area contributed by atoms with Crippen molar-refractivity contribution < 1.29 is 24.2 Å². The first kappa shape index (κ1) is 13.4. The van der Waals surface area contributed by atoms with Gasteiger partial charge in [0.15, 0.2) is 0 Å². The number of benzene rings is 1. The first-order chi connectivity index (χ1) is 9.10. The normalized spacial score (nSPS) is 13.6. The van der Waals surface area contributed by atoms with Crippen LogP contribution >= 0.6 is 0 Å². The zero-order valence-electron chi connectivity index (χ0n) is 11.0. The molecule has 0 bridgehead atoms. The molecule has 1 aromatic rings. The standard InChI is InChI=1S/C14H16O5/c1-18-13(16)10-7-11(15)8-5-3-4-6-9(8)12(10)14(17)19-2/h7,15H,3-6H2,1-2H3. The second-order valence-electron chi connectivity index (χ2n) is 4.47. The molecular formula is C14H16O5. The fourth-order valence-corrected chi connectivity index (χ4v) is 2.53. The summed E-state index contributed by atoms with van der Waals surface area (Å²) < 4.78 is 9.41. The topological polar surface area (TPSA) is 72.8 Å². The molecule has 5 nitrogen and oxygen atoms in total. The van der Waals surface area contributed by atoms with Gasteiger partial charge >= 0.3 is 11.9 Å². The Labute approximate surface area is 111 Å². The van der Waals surface area contributed by atoms with Gasteiger partial charge in [-0.15, -0.1) is 0 Å². The molecule has 19 heavy (non-hydrogen) atoms. The van der Waals surface area contributed by atoms with Crippen molar-refractivity contribution >= 4 is 11.9 Å². The van der Waals surface area contributed by atoms with Crippen LogP contribution in [0.5, 0.6) is 5.75 Å². The van der Waals surface area contributed by atoms with Crippen LogP contribution in [0.15, 0.2) is 6.07 Å². The van der Waals surface area contributed by atoms with Crippen molar-refractivity contribution in [2.45, 2.75) is 25.7 Å². The molecule has 1 aliphatic rings. The fraction of sp³-hybridized carbons (Fsp3) is 0.429. The van der Waals surface area contributed by atoms with Crippen LogP contribution in [0.25, 0.3) is 0 Å². The second-order valence-corrected chi connectivity index (χ2v) is 4.47. The molecule has 0 spiro atoms. The zero-order chi connectivity index (χ0) is 14.0. The number of hydrogen-bond donors (Lipinski definition) is 1. The Hall–Kier alpha value is -2.04. The fourth-order valence-electron chi connectivity index (χ4n) is 2.53. The van der Waals surface area contributed by atoms with Crippen molar-refractivity contribution in [2.75, 3.05) is 14.2 Å². The lowest BCUT2D eigenvalue weighted by Gasteiger charge is -2.21. The van der Waals surface area contributed by atoms with Crippen LogP contribution in [0.2, 0.25) is 0 Å². The average Bonchev–Trinajstić information content (AvgIpc) is 2.45. The van der Waals surface area contributed by atoms with Gasteiger partial charge in [0.2, 0.25) is 0 Å². The molecule has 0 amide bonds. The number of carbonyl (C=O) groups excluding carboxylic acids is 2. The molecule has 1 N–H and O–H groups in total. The summed E-state index contributed by atoms with van der Waals surface area (Å²) in [5.41, 5.74) is 1.73. The first-order valence-electron chi connectivity index (χ1n) is 6.14. The summed E-state index contributed by atoms with van der Waals surface area (Å²) in [7, 11) is 2.51. The van der Waals surface area contributed by atoms with Gasteiger partial charge in [0.1, 0.15) is 5.75 Å². The van der Waals surface area contributed by atoms with Crippen molar-refractivity contribution in [3.63, 3.8) is 0 Å². The number of aromatic hydroxyl groups is 1. The van der Waals surface area contributed by atoms with Gasteiger partial charge in [-0.2, -0.15) is 0 Å². The molecule has 5 heteroatoms. The number of methoxy groups -OCH3 is 2. The molecule has 0 saturated heterocycles. The Morgan fingerprint density at radius 2 is 1.63 bits per heavy atom. The number of phenols is 1. The molecule has 0 heterocycles. The Morgan fingerprint density at radius 3 is 2.21 bits per heavy atom. The molecule has 0 saturated carbocycles. The van der Waals surface area contributed by atoms with E-state index < -0.39 is 11.9 Å². The number of rotatable bonds is 2. The maximum absolute atomic E-state index is 11.9. The van der Waals surface area contributed by atoms with Gasteiger partial charge in [0.25, 0.3) is 0 Å². The SMILES string of the molecule is COC(=O)c1cc(O)c2c(c1C(=O)OC)CCCC2. The highest BCUT2D eigenvalue weighted by Gasteiger charge is 2.28. The summed E-state index contributed by atoms with van der Waals surface area (Å²) in [4.78, 5) is 23.7. The third-order valence-electron chi connectivity index (χ3n) is 3.42. The van der Waals surface area contributed by atoms with Crippen LogP contribution in [0, 0.1) is 0 Å². The Morgan fingerprint density at radius 1 is 1.05 bits per heavy atom. The van der Waals surface area contributed by atoms with Crippen molar-refractivity contribution in [3.05, 3.63) is 28.3 Å². The summed E-state index contributed by atoms with van der Waals surface area (Å²) >= 11 is 0. The monoisotopic (exact) mass is 264 g/mol. The van der Waals surface area contributed by atoms with Gasteiger partial charge in [-0.05, 0) is 42.9 Å². The summed E-state index contributed by atoms with van der Waals surface area (Å²) in [5.74, 6) is -1.18. The summed E-state index contributed by atoms with van der Waals surface area (Å²) in [6.45, 7) is 0. The van der Waals surface area contributed by atoms with E-state index >= 15 is 0 Å². The second kappa shape index (κ2) is 5.30. The van der Waals surface area contributed by atoms with Crippen LogP contribution in [0.3, 0.4) is 0 Å². The number of phenolic OH excluding ortho intramolecular Hbond substituents is 1. The predicted molar refractivity (Wildman–Crippen MR) is 67.4 cm³/mol. The maximum Gasteiger partial charge on any atom is 0.339 e. The Bertz CT molecular complexity index is 533. The van der Waals surface area contributed by atoms with Crippen LogP contribution < -0.4 is 0 Å². The number of esters is 2. The van der Waals surface area contributed by atoms with Crippen LogP contribution in [0.4, 0.5) is 0 Å². The highest BCUT2D eigenvalue weighted by atomic mass is 16.5. The largest absolute Gasteiger partial charge is 0.508 e. The van der Waals surface area contributed by atoms with Gasteiger partial charge in [0.05, 0.1) is 25.3 Å². The molecule has 0 radical (unpaired) electrons. The van der Waals surface area contributed by atoms with Crippen molar-refractivity contribution in [3.8, 4) is 5.75 Å². The van der Waals surface area contributed by atoms with E-state index in [1.807, 2.05) is 0 Å². The molecule has 0 fully saturated rings. The third kappa shape index (κ3) is 2.28. The van der Waals surface area contributed by atoms with Crippen LogP contribution in [-0.4, -0.2) is 31.3 Å². The lowest BCUT2D eigenvalue weighted by molar-refractivity contribution is 0.0553. The molecule has 0 atom stereocenters. The minimum atomic E-state index is -0.649. The van der Waals surface area contributed by atoms with Crippen LogP contribution in [0.1, 0.15) is 44.7 Å². The number of fused-ring (bicyclic) bond motifs is 1. The highest BCUT2D eigenvalue weighted by molar-refractivity contribution is 6.05. The smallest absolute Gasteiger partial charge is 0.339 e. The first-order valence-corrected chi connectivity index (χ1v) is 6.14. The van der Waals surface area contributed by atoms with Gasteiger partial charge in [-0.25, -0.2) is 9.59 Å². The van der Waals surface area contributed by atoms with Gasteiger partial charge in [-0.3, -0.25) is 0 Å². The Kier molecular flexibility index (Phi) is 3.74. The van der Waals surface area contributed by atoms with E-state index in [0.717, 1.165) is 18.4 Å². The number of hydrogen-bond acceptors (Lipinski definition) is 5. The minimum Gasteiger partial charge on any atom is -0.508 e. The van der Waals surface area contributed by atoms with Gasteiger partial charge in [-0.1, -0.05) is 0 Å². The van der Waals surface area contributed by atoms with E-state index in [2.05, 4.69) is 4.74 Å². The summed E-state index contributed by atoms with van der Waals surface area (Å²) in [5, 5.41) is 10.0. The molecule has 2 rings (SSSR count). The lowest BCUT2D eigenvalue weighted by atomic mass is 9.85. The predicted octanol–water partition coefficient (Wildman–Crippen LogP) is 1.84. The molecular weight excluding hydrogens is 248 g/mol. The van der Waals surface area contributed by atoms with Crippen molar-refractivity contribution in [1.29, 1.82) is 0 Å². The highest BCUT2D eigenvalue weighted by Crippen LogP contribution is 2.34. The van der Waals surface area contributed by atoms with Gasteiger partial charge in [0, 0.05) is 0 Å². The van der Waals surface area contributed by atoms with E-state index in [0.29, 0.717) is 18.4 Å². The van der Waals surface area contributed by atoms with E-state index in [9.17, 15) is 14.7 Å². The molecule has 1 aromatic carbocycles. The minimum absolute atomic E-state index is 0.0442. The lowest BCUT2D eigenvalue weighted by Crippen LogP contribution is -2.18. The van der Waals surface area contributed by atoms with E-state index in [-0.39, 0.29) is 16.9 Å². The summed E-state index contributed by atoms with van der Waals surface area (Å²) in [6.07, 6.45) is 3.23.